The molecule has 0 aliphatic carbocycles. The molecule has 2 aromatic rings. The van der Waals surface area contributed by atoms with E-state index in [0.29, 0.717) is 24.9 Å². The Hall–Kier alpha value is -2.14. The molecule has 3 rings (SSSR count). The van der Waals surface area contributed by atoms with Gasteiger partial charge in [0.15, 0.2) is 0 Å². The number of nitrogens with one attached hydrogen (secondary N) is 1. The quantitative estimate of drug-likeness (QED) is 0.800. The molecule has 2 heterocycles. The van der Waals surface area contributed by atoms with Crippen molar-refractivity contribution in [1.82, 2.24) is 20.0 Å². The smallest absolute Gasteiger partial charge is 0.224 e. The third-order valence-electron chi connectivity index (χ3n) is 5.78. The average molecular weight is 383 g/mol. The zero-order valence-corrected chi connectivity index (χ0v) is 18.0. The van der Waals surface area contributed by atoms with Crippen LogP contribution in [0.3, 0.4) is 0 Å². The molecule has 1 aromatic carbocycles. The van der Waals surface area contributed by atoms with Gasteiger partial charge >= 0.3 is 0 Å². The highest BCUT2D eigenvalue weighted by atomic mass is 16.1. The molecule has 0 saturated heterocycles. The maximum absolute atomic E-state index is 12.6. The van der Waals surface area contributed by atoms with Gasteiger partial charge in [0.05, 0.1) is 12.1 Å². The van der Waals surface area contributed by atoms with Crippen LogP contribution in [0.4, 0.5) is 0 Å². The minimum absolute atomic E-state index is 0.0829. The van der Waals surface area contributed by atoms with E-state index in [4.69, 9.17) is 0 Å². The first-order chi connectivity index (χ1) is 13.3. The number of rotatable bonds is 7. The van der Waals surface area contributed by atoms with Crippen LogP contribution in [0.25, 0.3) is 0 Å². The monoisotopic (exact) mass is 382 g/mol. The SMILES string of the molecule is Cc1nn(CC(C)C)c(C)c1CC(=O)NCC(C)N1CCc2ccccc2C1. The van der Waals surface area contributed by atoms with Crippen LogP contribution in [0.1, 0.15) is 48.8 Å². The van der Waals surface area contributed by atoms with Crippen LogP contribution in [-0.2, 0) is 30.7 Å². The van der Waals surface area contributed by atoms with Crippen LogP contribution in [-0.4, -0.2) is 39.7 Å². The summed E-state index contributed by atoms with van der Waals surface area (Å²) in [7, 11) is 0. The van der Waals surface area contributed by atoms with E-state index in [1.807, 2.05) is 11.6 Å². The molecule has 1 amide bonds. The van der Waals surface area contributed by atoms with Gasteiger partial charge in [0.2, 0.25) is 5.91 Å². The van der Waals surface area contributed by atoms with Crippen molar-refractivity contribution in [3.8, 4) is 0 Å². The summed E-state index contributed by atoms with van der Waals surface area (Å²) in [5.74, 6) is 0.620. The van der Waals surface area contributed by atoms with Crippen LogP contribution in [0.5, 0.6) is 0 Å². The Morgan fingerprint density at radius 1 is 1.18 bits per heavy atom. The summed E-state index contributed by atoms with van der Waals surface area (Å²) in [6, 6.07) is 8.99. The van der Waals surface area contributed by atoms with Gasteiger partial charge in [-0.25, -0.2) is 0 Å². The van der Waals surface area contributed by atoms with E-state index >= 15 is 0 Å². The highest BCUT2D eigenvalue weighted by Gasteiger charge is 2.21. The van der Waals surface area contributed by atoms with E-state index in [1.165, 1.54) is 11.1 Å². The standard InChI is InChI=1S/C23H34N4O/c1-16(2)14-27-19(5)22(18(4)25-27)12-23(28)24-13-17(3)26-11-10-20-8-6-7-9-21(20)15-26/h6-9,16-17H,10-15H2,1-5H3,(H,24,28). The predicted molar refractivity (Wildman–Crippen MR) is 113 cm³/mol. The van der Waals surface area contributed by atoms with Crippen molar-refractivity contribution in [2.24, 2.45) is 5.92 Å². The molecule has 0 saturated carbocycles. The largest absolute Gasteiger partial charge is 0.354 e. The third-order valence-corrected chi connectivity index (χ3v) is 5.78. The molecule has 0 fully saturated rings. The maximum atomic E-state index is 12.6. The molecule has 1 unspecified atom stereocenters. The molecule has 0 radical (unpaired) electrons. The van der Waals surface area contributed by atoms with Crippen molar-refractivity contribution >= 4 is 5.91 Å². The van der Waals surface area contributed by atoms with Gasteiger partial charge in [0, 0.05) is 43.5 Å². The number of carbonyl (C=O) groups is 1. The molecule has 28 heavy (non-hydrogen) atoms. The number of hydrogen-bond acceptors (Lipinski definition) is 3. The molecule has 1 aromatic heterocycles. The number of amides is 1. The van der Waals surface area contributed by atoms with Gasteiger partial charge in [-0.2, -0.15) is 5.10 Å². The Balaban J connectivity index is 1.53. The van der Waals surface area contributed by atoms with E-state index in [2.05, 4.69) is 67.3 Å². The Morgan fingerprint density at radius 2 is 1.89 bits per heavy atom. The summed E-state index contributed by atoms with van der Waals surface area (Å²) in [5.41, 5.74) is 6.02. The van der Waals surface area contributed by atoms with E-state index in [1.54, 1.807) is 0 Å². The summed E-state index contributed by atoms with van der Waals surface area (Å²) < 4.78 is 2.04. The lowest BCUT2D eigenvalue weighted by Gasteiger charge is -2.33. The minimum atomic E-state index is 0.0829. The zero-order valence-electron chi connectivity index (χ0n) is 18.0. The molecule has 1 aliphatic heterocycles. The summed E-state index contributed by atoms with van der Waals surface area (Å²) >= 11 is 0. The summed E-state index contributed by atoms with van der Waals surface area (Å²) in [6.45, 7) is 14.2. The molecule has 5 nitrogen and oxygen atoms in total. The number of aromatic nitrogens is 2. The third kappa shape index (κ3) is 4.82. The van der Waals surface area contributed by atoms with Crippen LogP contribution in [0.2, 0.25) is 0 Å². The van der Waals surface area contributed by atoms with Gasteiger partial charge in [-0.3, -0.25) is 14.4 Å². The first-order valence-corrected chi connectivity index (χ1v) is 10.5. The number of hydrogen-bond donors (Lipinski definition) is 1. The number of fused-ring (bicyclic) bond motifs is 1. The Morgan fingerprint density at radius 3 is 2.61 bits per heavy atom. The zero-order chi connectivity index (χ0) is 20.3. The van der Waals surface area contributed by atoms with Gasteiger partial charge in [-0.15, -0.1) is 0 Å². The molecular formula is C23H34N4O. The van der Waals surface area contributed by atoms with E-state index < -0.39 is 0 Å². The number of carbonyl (C=O) groups excluding carboxylic acids is 1. The summed E-state index contributed by atoms with van der Waals surface area (Å²) in [6.07, 6.45) is 1.49. The average Bonchev–Trinajstić information content (AvgIpc) is 2.92. The van der Waals surface area contributed by atoms with E-state index in [0.717, 1.165) is 43.0 Å². The fraction of sp³-hybridized carbons (Fsp3) is 0.565. The van der Waals surface area contributed by atoms with Crippen LogP contribution >= 0.6 is 0 Å². The normalized spacial score (nSPS) is 15.5. The van der Waals surface area contributed by atoms with Crippen molar-refractivity contribution in [1.29, 1.82) is 0 Å². The van der Waals surface area contributed by atoms with Gasteiger partial charge in [-0.05, 0) is 44.2 Å². The Bertz CT molecular complexity index is 824. The molecule has 1 N–H and O–H groups in total. The van der Waals surface area contributed by atoms with Crippen molar-refractivity contribution < 1.29 is 4.79 Å². The molecule has 1 aliphatic rings. The Kier molecular flexibility index (Phi) is 6.55. The lowest BCUT2D eigenvalue weighted by Crippen LogP contribution is -2.44. The van der Waals surface area contributed by atoms with Crippen LogP contribution < -0.4 is 5.32 Å². The lowest BCUT2D eigenvalue weighted by molar-refractivity contribution is -0.120. The van der Waals surface area contributed by atoms with Gasteiger partial charge in [0.25, 0.3) is 0 Å². The second kappa shape index (κ2) is 8.91. The molecular weight excluding hydrogens is 348 g/mol. The molecule has 5 heteroatoms. The fourth-order valence-electron chi connectivity index (χ4n) is 4.02. The Labute approximate surface area is 169 Å². The van der Waals surface area contributed by atoms with Crippen molar-refractivity contribution in [3.05, 3.63) is 52.3 Å². The summed E-state index contributed by atoms with van der Waals surface area (Å²) in [5, 5.41) is 7.76. The molecule has 0 spiro atoms. The topological polar surface area (TPSA) is 50.2 Å². The number of aryl methyl sites for hydroxylation is 1. The van der Waals surface area contributed by atoms with Gasteiger partial charge < -0.3 is 5.32 Å². The van der Waals surface area contributed by atoms with Crippen LogP contribution in [0, 0.1) is 19.8 Å². The summed E-state index contributed by atoms with van der Waals surface area (Å²) in [4.78, 5) is 15.0. The highest BCUT2D eigenvalue weighted by molar-refractivity contribution is 5.79. The van der Waals surface area contributed by atoms with E-state index in [9.17, 15) is 4.79 Å². The fourth-order valence-corrected chi connectivity index (χ4v) is 4.02. The first kappa shape index (κ1) is 20.6. The van der Waals surface area contributed by atoms with Gasteiger partial charge in [0.1, 0.15) is 0 Å². The molecule has 0 bridgehead atoms. The van der Waals surface area contributed by atoms with Crippen molar-refractivity contribution in [3.63, 3.8) is 0 Å². The minimum Gasteiger partial charge on any atom is -0.354 e. The van der Waals surface area contributed by atoms with Crippen molar-refractivity contribution in [2.75, 3.05) is 13.1 Å². The number of nitrogens with zero attached hydrogens (tertiary/aromatic N) is 3. The predicted octanol–water partition coefficient (Wildman–Crippen LogP) is 3.26. The number of benzene rings is 1. The van der Waals surface area contributed by atoms with E-state index in [-0.39, 0.29) is 5.91 Å². The molecule has 152 valence electrons. The van der Waals surface area contributed by atoms with Gasteiger partial charge in [-0.1, -0.05) is 38.1 Å². The second-order valence-corrected chi connectivity index (χ2v) is 8.54. The van der Waals surface area contributed by atoms with Crippen molar-refractivity contribution in [2.45, 2.75) is 66.6 Å². The van der Waals surface area contributed by atoms with Crippen LogP contribution in [0.15, 0.2) is 24.3 Å². The maximum Gasteiger partial charge on any atom is 0.224 e. The first-order valence-electron chi connectivity index (χ1n) is 10.5. The highest BCUT2D eigenvalue weighted by Crippen LogP contribution is 2.20. The lowest BCUT2D eigenvalue weighted by atomic mass is 9.99. The molecule has 1 atom stereocenters. The second-order valence-electron chi connectivity index (χ2n) is 8.54.